The van der Waals surface area contributed by atoms with Crippen LogP contribution in [0.2, 0.25) is 5.15 Å². The van der Waals surface area contributed by atoms with E-state index in [4.69, 9.17) is 17.3 Å². The van der Waals surface area contributed by atoms with Crippen LogP contribution < -0.4 is 10.5 Å². The number of rotatable bonds is 3. The van der Waals surface area contributed by atoms with Gasteiger partial charge in [-0.1, -0.05) is 11.6 Å². The minimum Gasteiger partial charge on any atom is -0.398 e. The molecule has 0 fully saturated rings. The summed E-state index contributed by atoms with van der Waals surface area (Å²) in [5.41, 5.74) is 7.71. The summed E-state index contributed by atoms with van der Waals surface area (Å²) in [4.78, 5) is 4.00. The van der Waals surface area contributed by atoms with E-state index in [1.807, 2.05) is 0 Å². The number of hydrogen-bond donors (Lipinski definition) is 2. The molecule has 3 N–H and O–H groups in total. The summed E-state index contributed by atoms with van der Waals surface area (Å²) >= 11 is 9.13. The molecule has 0 amide bonds. The van der Waals surface area contributed by atoms with Crippen molar-refractivity contribution in [1.29, 1.82) is 0 Å². The van der Waals surface area contributed by atoms with Crippen molar-refractivity contribution in [3.8, 4) is 0 Å². The maximum absolute atomic E-state index is 12.5. The SMILES string of the molecule is Cc1cc(N)c(C)c(S(=O)(=O)Nc2cc(Br)cnc2Cl)c1. The van der Waals surface area contributed by atoms with Crippen LogP contribution in [0, 0.1) is 13.8 Å². The third-order valence-corrected chi connectivity index (χ3v) is 5.11. The van der Waals surface area contributed by atoms with Crippen molar-refractivity contribution >= 4 is 48.9 Å². The van der Waals surface area contributed by atoms with E-state index >= 15 is 0 Å². The van der Waals surface area contributed by atoms with E-state index in [1.165, 1.54) is 6.20 Å². The highest BCUT2D eigenvalue weighted by atomic mass is 79.9. The van der Waals surface area contributed by atoms with E-state index in [9.17, 15) is 8.42 Å². The number of benzene rings is 1. The third-order valence-electron chi connectivity index (χ3n) is 2.88. The number of nitrogens with one attached hydrogen (secondary N) is 1. The van der Waals surface area contributed by atoms with E-state index in [1.54, 1.807) is 32.0 Å². The lowest BCUT2D eigenvalue weighted by molar-refractivity contribution is 0.600. The van der Waals surface area contributed by atoms with Crippen molar-refractivity contribution in [2.24, 2.45) is 0 Å². The molecule has 0 bridgehead atoms. The molecule has 1 aromatic heterocycles. The number of anilines is 2. The molecule has 2 aromatic rings. The number of nitrogen functional groups attached to an aromatic ring is 1. The van der Waals surface area contributed by atoms with E-state index in [0.717, 1.165) is 5.56 Å². The molecule has 21 heavy (non-hydrogen) atoms. The Hall–Kier alpha value is -1.31. The summed E-state index contributed by atoms with van der Waals surface area (Å²) in [6.45, 7) is 3.44. The van der Waals surface area contributed by atoms with Crippen molar-refractivity contribution in [1.82, 2.24) is 4.98 Å². The number of aryl methyl sites for hydroxylation is 1. The molecular formula is C13H13BrClN3O2S. The number of pyridine rings is 1. The summed E-state index contributed by atoms with van der Waals surface area (Å²) in [6.07, 6.45) is 1.48. The van der Waals surface area contributed by atoms with Crippen molar-refractivity contribution in [2.45, 2.75) is 18.7 Å². The second kappa shape index (κ2) is 5.82. The molecule has 8 heteroatoms. The quantitative estimate of drug-likeness (QED) is 0.620. The van der Waals surface area contributed by atoms with Crippen LogP contribution in [0.3, 0.4) is 0 Å². The van der Waals surface area contributed by atoms with E-state index in [0.29, 0.717) is 15.7 Å². The van der Waals surface area contributed by atoms with E-state index < -0.39 is 10.0 Å². The van der Waals surface area contributed by atoms with E-state index in [2.05, 4.69) is 25.6 Å². The highest BCUT2D eigenvalue weighted by molar-refractivity contribution is 9.10. The largest absolute Gasteiger partial charge is 0.398 e. The number of sulfonamides is 1. The molecule has 1 aromatic carbocycles. The standard InChI is InChI=1S/C13H13BrClN3O2S/c1-7-3-10(16)8(2)12(4-7)21(19,20)18-11-5-9(14)6-17-13(11)15/h3-6,18H,16H2,1-2H3. The lowest BCUT2D eigenvalue weighted by atomic mass is 10.1. The van der Waals surface area contributed by atoms with Crippen LogP contribution >= 0.6 is 27.5 Å². The maximum Gasteiger partial charge on any atom is 0.262 e. The highest BCUT2D eigenvalue weighted by Crippen LogP contribution is 2.28. The average Bonchev–Trinajstić information content (AvgIpc) is 2.37. The Morgan fingerprint density at radius 3 is 2.62 bits per heavy atom. The predicted molar refractivity (Wildman–Crippen MR) is 88.1 cm³/mol. The minimum absolute atomic E-state index is 0.0695. The zero-order valence-electron chi connectivity index (χ0n) is 11.3. The summed E-state index contributed by atoms with van der Waals surface area (Å²) in [7, 11) is -3.80. The van der Waals surface area contributed by atoms with Gasteiger partial charge in [0.05, 0.1) is 10.6 Å². The summed E-state index contributed by atoms with van der Waals surface area (Å²) < 4.78 is 28.1. The molecule has 0 radical (unpaired) electrons. The molecule has 1 heterocycles. The first-order valence-corrected chi connectivity index (χ1v) is 8.56. The molecule has 0 aliphatic heterocycles. The van der Waals surface area contributed by atoms with Gasteiger partial charge in [-0.3, -0.25) is 4.72 Å². The van der Waals surface area contributed by atoms with Gasteiger partial charge in [-0.2, -0.15) is 0 Å². The lowest BCUT2D eigenvalue weighted by Crippen LogP contribution is -2.16. The summed E-state index contributed by atoms with van der Waals surface area (Å²) in [5.74, 6) is 0. The molecule has 0 aliphatic carbocycles. The van der Waals surface area contributed by atoms with Gasteiger partial charge in [0.1, 0.15) is 0 Å². The summed E-state index contributed by atoms with van der Waals surface area (Å²) in [5, 5.41) is 0.0695. The highest BCUT2D eigenvalue weighted by Gasteiger charge is 2.20. The number of halogens is 2. The molecule has 0 aliphatic rings. The fourth-order valence-corrected chi connectivity index (χ4v) is 3.78. The zero-order valence-corrected chi connectivity index (χ0v) is 14.5. The lowest BCUT2D eigenvalue weighted by Gasteiger charge is -2.13. The Balaban J connectivity index is 2.51. The molecule has 0 saturated heterocycles. The molecule has 0 saturated carbocycles. The fourth-order valence-electron chi connectivity index (χ4n) is 1.83. The van der Waals surface area contributed by atoms with Crippen molar-refractivity contribution in [3.05, 3.63) is 45.1 Å². The molecule has 0 spiro atoms. The van der Waals surface area contributed by atoms with Gasteiger partial charge in [0.15, 0.2) is 5.15 Å². The third kappa shape index (κ3) is 3.48. The maximum atomic E-state index is 12.5. The number of hydrogen-bond acceptors (Lipinski definition) is 4. The van der Waals surface area contributed by atoms with Gasteiger partial charge in [-0.15, -0.1) is 0 Å². The monoisotopic (exact) mass is 389 g/mol. The second-order valence-electron chi connectivity index (χ2n) is 4.57. The Labute approximate surface area is 136 Å². The smallest absolute Gasteiger partial charge is 0.262 e. The molecule has 5 nitrogen and oxygen atoms in total. The van der Waals surface area contributed by atoms with Crippen molar-refractivity contribution in [2.75, 3.05) is 10.5 Å². The van der Waals surface area contributed by atoms with Crippen LogP contribution in [0.15, 0.2) is 33.8 Å². The van der Waals surface area contributed by atoms with Gasteiger partial charge >= 0.3 is 0 Å². The van der Waals surface area contributed by atoms with Gasteiger partial charge in [0.2, 0.25) is 0 Å². The Morgan fingerprint density at radius 1 is 1.29 bits per heavy atom. The molecular weight excluding hydrogens is 378 g/mol. The number of nitrogens with two attached hydrogens (primary N) is 1. The Kier molecular flexibility index (Phi) is 4.46. The van der Waals surface area contributed by atoms with Crippen LogP contribution in [-0.2, 0) is 10.0 Å². The number of aromatic nitrogens is 1. The fraction of sp³-hybridized carbons (Fsp3) is 0.154. The number of nitrogens with zero attached hydrogens (tertiary/aromatic N) is 1. The zero-order chi connectivity index (χ0) is 15.8. The van der Waals surface area contributed by atoms with E-state index in [-0.39, 0.29) is 15.7 Å². The first-order valence-electron chi connectivity index (χ1n) is 5.91. The molecule has 0 atom stereocenters. The molecule has 2 rings (SSSR count). The molecule has 0 unspecified atom stereocenters. The Bertz CT molecular complexity index is 809. The van der Waals surface area contributed by atoms with Gasteiger partial charge < -0.3 is 5.73 Å². The van der Waals surface area contributed by atoms with Gasteiger partial charge in [-0.25, -0.2) is 13.4 Å². The van der Waals surface area contributed by atoms with Crippen LogP contribution in [0.1, 0.15) is 11.1 Å². The van der Waals surface area contributed by atoms with Crippen molar-refractivity contribution in [3.63, 3.8) is 0 Å². The minimum atomic E-state index is -3.80. The Morgan fingerprint density at radius 2 is 1.95 bits per heavy atom. The van der Waals surface area contributed by atoms with Crippen molar-refractivity contribution < 1.29 is 8.42 Å². The van der Waals surface area contributed by atoms with Gasteiger partial charge in [-0.05, 0) is 59.1 Å². The summed E-state index contributed by atoms with van der Waals surface area (Å²) in [6, 6.07) is 4.83. The van der Waals surface area contributed by atoms with Crippen LogP contribution in [0.5, 0.6) is 0 Å². The second-order valence-corrected chi connectivity index (χ2v) is 7.50. The van der Waals surface area contributed by atoms with Crippen LogP contribution in [0.4, 0.5) is 11.4 Å². The van der Waals surface area contributed by atoms with Gasteiger partial charge in [0.25, 0.3) is 10.0 Å². The molecule has 112 valence electrons. The first kappa shape index (κ1) is 16.1. The average molecular weight is 391 g/mol. The van der Waals surface area contributed by atoms with Gasteiger partial charge in [0, 0.05) is 16.4 Å². The first-order chi connectivity index (χ1) is 9.70. The topological polar surface area (TPSA) is 85.1 Å². The van der Waals surface area contributed by atoms with Crippen LogP contribution in [0.25, 0.3) is 0 Å². The predicted octanol–water partition coefficient (Wildman–Crippen LogP) is 3.50. The normalized spacial score (nSPS) is 11.4. The van der Waals surface area contributed by atoms with Crippen LogP contribution in [-0.4, -0.2) is 13.4 Å².